The molecule has 0 fully saturated rings. The molecule has 1 aromatic carbocycles. The molecule has 0 aliphatic carbocycles. The Balaban J connectivity index is 0.000000720. The number of hydrogen-bond donors (Lipinski definition) is 2. The van der Waals surface area contributed by atoms with E-state index in [4.69, 9.17) is 0 Å². The Labute approximate surface area is 73.0 Å². The fourth-order valence-corrected chi connectivity index (χ4v) is 1.00. The Morgan fingerprint density at radius 1 is 1.25 bits per heavy atom. The first-order valence-corrected chi connectivity index (χ1v) is 3.13. The van der Waals surface area contributed by atoms with Gasteiger partial charge < -0.3 is 0 Å². The minimum atomic E-state index is -0.400. The van der Waals surface area contributed by atoms with Crippen LogP contribution in [0.4, 0.5) is 4.39 Å². The minimum Gasteiger partial charge on any atom is -0.298 e. The maximum atomic E-state index is 12.5. The first-order chi connectivity index (χ1) is 5.27. The average Bonchev–Trinajstić information content (AvgIpc) is 2.33. The normalized spacial score (nSPS) is 9.75. The molecule has 0 radical (unpaired) electrons. The van der Waals surface area contributed by atoms with Crippen LogP contribution in [-0.2, 0) is 0 Å². The van der Waals surface area contributed by atoms with Crippen LogP contribution >= 0.6 is 12.4 Å². The highest BCUT2D eigenvalue weighted by Crippen LogP contribution is 2.07. The van der Waals surface area contributed by atoms with Crippen molar-refractivity contribution in [2.24, 2.45) is 0 Å². The number of halogens is 2. The van der Waals surface area contributed by atoms with E-state index in [2.05, 4.69) is 10.2 Å². The SMILES string of the molecule is Cl.O=c1[nH][nH]c2ccc(F)cc12. The van der Waals surface area contributed by atoms with Crippen molar-refractivity contribution >= 4 is 23.3 Å². The van der Waals surface area contributed by atoms with Crippen LogP contribution in [0.1, 0.15) is 0 Å². The lowest BCUT2D eigenvalue weighted by Gasteiger charge is -1.85. The zero-order valence-corrected chi connectivity index (χ0v) is 6.74. The van der Waals surface area contributed by atoms with Crippen molar-refractivity contribution in [3.8, 4) is 0 Å². The molecule has 2 aromatic rings. The zero-order chi connectivity index (χ0) is 7.84. The van der Waals surface area contributed by atoms with E-state index in [-0.39, 0.29) is 18.0 Å². The van der Waals surface area contributed by atoms with Crippen molar-refractivity contribution in [2.45, 2.75) is 0 Å². The predicted molar refractivity (Wildman–Crippen MR) is 46.1 cm³/mol. The molecule has 0 unspecified atom stereocenters. The lowest BCUT2D eigenvalue weighted by molar-refractivity contribution is 0.629. The number of aromatic amines is 2. The van der Waals surface area contributed by atoms with Crippen molar-refractivity contribution in [3.05, 3.63) is 34.4 Å². The molecule has 0 saturated carbocycles. The smallest absolute Gasteiger partial charge is 0.271 e. The summed E-state index contributed by atoms with van der Waals surface area (Å²) in [5.41, 5.74) is 0.330. The van der Waals surface area contributed by atoms with Crippen LogP contribution < -0.4 is 5.56 Å². The quantitative estimate of drug-likeness (QED) is 0.646. The van der Waals surface area contributed by atoms with E-state index >= 15 is 0 Å². The van der Waals surface area contributed by atoms with Crippen molar-refractivity contribution in [2.75, 3.05) is 0 Å². The van der Waals surface area contributed by atoms with Gasteiger partial charge in [-0.15, -0.1) is 12.4 Å². The molecule has 1 aromatic heterocycles. The van der Waals surface area contributed by atoms with E-state index in [1.54, 1.807) is 0 Å². The fourth-order valence-electron chi connectivity index (χ4n) is 1.00. The first kappa shape index (κ1) is 8.80. The van der Waals surface area contributed by atoms with Crippen LogP contribution in [0.3, 0.4) is 0 Å². The molecule has 3 nitrogen and oxygen atoms in total. The Morgan fingerprint density at radius 2 is 2.00 bits per heavy atom. The van der Waals surface area contributed by atoms with Gasteiger partial charge in [-0.2, -0.15) is 0 Å². The second-order valence-electron chi connectivity index (χ2n) is 2.27. The minimum absolute atomic E-state index is 0. The van der Waals surface area contributed by atoms with E-state index in [0.29, 0.717) is 10.9 Å². The largest absolute Gasteiger partial charge is 0.298 e. The molecule has 5 heteroatoms. The highest BCUT2D eigenvalue weighted by molar-refractivity contribution is 5.85. The molecule has 2 N–H and O–H groups in total. The molecule has 0 atom stereocenters. The zero-order valence-electron chi connectivity index (χ0n) is 5.93. The summed E-state index contributed by atoms with van der Waals surface area (Å²) in [6, 6.07) is 4.01. The molecule has 0 aliphatic heterocycles. The van der Waals surface area contributed by atoms with Gasteiger partial charge in [0, 0.05) is 0 Å². The standard InChI is InChI=1S/C7H5FN2O.ClH/c8-4-1-2-6-5(3-4)7(11)10-9-6;/h1-3H,(H2,9,10,11);1H. The third-order valence-corrected chi connectivity index (χ3v) is 1.54. The maximum Gasteiger partial charge on any atom is 0.271 e. The summed E-state index contributed by atoms with van der Waals surface area (Å²) in [6.07, 6.45) is 0. The highest BCUT2D eigenvalue weighted by atomic mass is 35.5. The van der Waals surface area contributed by atoms with Crippen LogP contribution in [0.2, 0.25) is 0 Å². The molecule has 0 aliphatic rings. The first-order valence-electron chi connectivity index (χ1n) is 3.13. The van der Waals surface area contributed by atoms with E-state index in [1.807, 2.05) is 0 Å². The topological polar surface area (TPSA) is 48.6 Å². The summed E-state index contributed by atoms with van der Waals surface area (Å²) >= 11 is 0. The third kappa shape index (κ3) is 1.21. The molecule has 0 bridgehead atoms. The van der Waals surface area contributed by atoms with Crippen molar-refractivity contribution in [1.82, 2.24) is 10.2 Å². The maximum absolute atomic E-state index is 12.5. The van der Waals surface area contributed by atoms with Gasteiger partial charge in [0.2, 0.25) is 0 Å². The van der Waals surface area contributed by atoms with E-state index in [9.17, 15) is 9.18 Å². The molecule has 2 rings (SSSR count). The molecule has 64 valence electrons. The number of H-pyrrole nitrogens is 2. The molecular weight excluding hydrogens is 183 g/mol. The highest BCUT2D eigenvalue weighted by Gasteiger charge is 1.99. The van der Waals surface area contributed by atoms with Crippen LogP contribution in [0.15, 0.2) is 23.0 Å². The summed E-state index contributed by atoms with van der Waals surface area (Å²) in [5, 5.41) is 5.32. The molecular formula is C7H6ClFN2O. The van der Waals surface area contributed by atoms with Crippen molar-refractivity contribution in [1.29, 1.82) is 0 Å². The van der Waals surface area contributed by atoms with Gasteiger partial charge >= 0.3 is 0 Å². The van der Waals surface area contributed by atoms with Gasteiger partial charge in [-0.3, -0.25) is 15.0 Å². The Bertz CT molecular complexity index is 448. The van der Waals surface area contributed by atoms with Crippen molar-refractivity contribution < 1.29 is 4.39 Å². The van der Waals surface area contributed by atoms with E-state index in [1.165, 1.54) is 18.2 Å². The summed E-state index contributed by atoms with van der Waals surface area (Å²) < 4.78 is 12.5. The summed E-state index contributed by atoms with van der Waals surface area (Å²) in [5.74, 6) is -0.400. The second-order valence-corrected chi connectivity index (χ2v) is 2.27. The summed E-state index contributed by atoms with van der Waals surface area (Å²) in [7, 11) is 0. The number of nitrogens with one attached hydrogen (secondary N) is 2. The second kappa shape index (κ2) is 2.98. The van der Waals surface area contributed by atoms with Gasteiger partial charge in [-0.25, -0.2) is 4.39 Å². The van der Waals surface area contributed by atoms with Gasteiger partial charge in [-0.1, -0.05) is 0 Å². The van der Waals surface area contributed by atoms with Crippen LogP contribution in [0, 0.1) is 5.82 Å². The van der Waals surface area contributed by atoms with Crippen molar-refractivity contribution in [3.63, 3.8) is 0 Å². The van der Waals surface area contributed by atoms with E-state index < -0.39 is 5.82 Å². The van der Waals surface area contributed by atoms with Crippen LogP contribution in [-0.4, -0.2) is 10.2 Å². The lowest BCUT2D eigenvalue weighted by Crippen LogP contribution is -1.97. The Kier molecular flexibility index (Phi) is 2.19. The molecule has 1 heterocycles. The molecule has 0 amide bonds. The number of rotatable bonds is 0. The number of hydrogen-bond acceptors (Lipinski definition) is 1. The van der Waals surface area contributed by atoms with Crippen LogP contribution in [0.25, 0.3) is 10.9 Å². The fraction of sp³-hybridized carbons (Fsp3) is 0. The molecule has 0 saturated heterocycles. The lowest BCUT2D eigenvalue weighted by atomic mass is 10.2. The van der Waals surface area contributed by atoms with Gasteiger partial charge in [-0.05, 0) is 18.2 Å². The molecule has 12 heavy (non-hydrogen) atoms. The third-order valence-electron chi connectivity index (χ3n) is 1.54. The average molecular weight is 189 g/mol. The number of benzene rings is 1. The Hall–Kier alpha value is -1.29. The Morgan fingerprint density at radius 3 is 2.75 bits per heavy atom. The number of fused-ring (bicyclic) bond motifs is 1. The summed E-state index contributed by atoms with van der Waals surface area (Å²) in [4.78, 5) is 10.9. The van der Waals surface area contributed by atoms with Gasteiger partial charge in [0.1, 0.15) is 5.82 Å². The van der Waals surface area contributed by atoms with Gasteiger partial charge in [0.15, 0.2) is 0 Å². The predicted octanol–water partition coefficient (Wildman–Crippen LogP) is 1.42. The number of aromatic nitrogens is 2. The van der Waals surface area contributed by atoms with Gasteiger partial charge in [0.25, 0.3) is 5.56 Å². The van der Waals surface area contributed by atoms with Crippen LogP contribution in [0.5, 0.6) is 0 Å². The summed E-state index contributed by atoms with van der Waals surface area (Å²) in [6.45, 7) is 0. The van der Waals surface area contributed by atoms with Gasteiger partial charge in [0.05, 0.1) is 10.9 Å². The van der Waals surface area contributed by atoms with E-state index in [0.717, 1.165) is 0 Å². The molecule has 0 spiro atoms. The monoisotopic (exact) mass is 188 g/mol.